The predicted molar refractivity (Wildman–Crippen MR) is 80.0 cm³/mol. The van der Waals surface area contributed by atoms with Crippen molar-refractivity contribution >= 4 is 11.9 Å². The second-order valence-corrected chi connectivity index (χ2v) is 6.33. The Hall–Kier alpha value is -1.14. The van der Waals surface area contributed by atoms with Gasteiger partial charge in [-0.25, -0.2) is 4.79 Å². The van der Waals surface area contributed by atoms with E-state index in [0.717, 1.165) is 25.7 Å². The summed E-state index contributed by atoms with van der Waals surface area (Å²) in [5.74, 6) is -0.244. The molecule has 6 nitrogen and oxygen atoms in total. The number of nitrogens with one attached hydrogen (secondary N) is 2. The molecule has 3 atom stereocenters. The Kier molecular flexibility index (Phi) is 5.58. The van der Waals surface area contributed by atoms with E-state index in [-0.39, 0.29) is 36.2 Å². The van der Waals surface area contributed by atoms with Crippen LogP contribution < -0.4 is 10.6 Å². The van der Waals surface area contributed by atoms with E-state index >= 15 is 0 Å². The van der Waals surface area contributed by atoms with E-state index in [0.29, 0.717) is 13.1 Å². The van der Waals surface area contributed by atoms with Gasteiger partial charge in [0.15, 0.2) is 0 Å². The zero-order valence-corrected chi connectivity index (χ0v) is 13.2. The van der Waals surface area contributed by atoms with Gasteiger partial charge in [0.1, 0.15) is 0 Å². The molecule has 1 aliphatic heterocycles. The van der Waals surface area contributed by atoms with Gasteiger partial charge in [-0.1, -0.05) is 12.8 Å². The van der Waals surface area contributed by atoms with Crippen LogP contribution in [0.3, 0.4) is 0 Å². The molecule has 1 saturated heterocycles. The van der Waals surface area contributed by atoms with Crippen molar-refractivity contribution in [2.45, 2.75) is 70.7 Å². The molecule has 0 spiro atoms. The second-order valence-electron chi connectivity index (χ2n) is 6.33. The molecule has 0 aromatic rings. The van der Waals surface area contributed by atoms with Crippen molar-refractivity contribution in [2.24, 2.45) is 0 Å². The van der Waals surface area contributed by atoms with Crippen LogP contribution in [0.4, 0.5) is 4.79 Å². The van der Waals surface area contributed by atoms with E-state index < -0.39 is 0 Å². The van der Waals surface area contributed by atoms with E-state index in [9.17, 15) is 9.59 Å². The van der Waals surface area contributed by atoms with Crippen LogP contribution in [-0.4, -0.2) is 54.2 Å². The first-order chi connectivity index (χ1) is 9.95. The summed E-state index contributed by atoms with van der Waals surface area (Å²) in [6.45, 7) is 7.26. The highest BCUT2D eigenvalue weighted by molar-refractivity contribution is 5.96. The van der Waals surface area contributed by atoms with Gasteiger partial charge < -0.3 is 10.1 Å². The lowest BCUT2D eigenvalue weighted by atomic mass is 10.1. The summed E-state index contributed by atoms with van der Waals surface area (Å²) in [7, 11) is 0. The first-order valence-corrected chi connectivity index (χ1v) is 7.96. The maximum absolute atomic E-state index is 12.2. The fourth-order valence-electron chi connectivity index (χ4n) is 3.21. The van der Waals surface area contributed by atoms with E-state index in [1.54, 1.807) is 0 Å². The van der Waals surface area contributed by atoms with Gasteiger partial charge in [0, 0.05) is 19.1 Å². The summed E-state index contributed by atoms with van der Waals surface area (Å²) in [5.41, 5.74) is 0. The number of carbonyl (C=O) groups is 2. The summed E-state index contributed by atoms with van der Waals surface area (Å²) in [5, 5.41) is 5.33. The van der Waals surface area contributed by atoms with Gasteiger partial charge in [-0.05, 0) is 33.6 Å². The zero-order chi connectivity index (χ0) is 15.4. The van der Waals surface area contributed by atoms with Gasteiger partial charge in [-0.2, -0.15) is 0 Å². The van der Waals surface area contributed by atoms with Crippen LogP contribution in [0.25, 0.3) is 0 Å². The molecule has 1 aliphatic carbocycles. The molecule has 2 aliphatic rings. The fourth-order valence-corrected chi connectivity index (χ4v) is 3.21. The highest BCUT2D eigenvalue weighted by Gasteiger charge is 2.30. The molecule has 120 valence electrons. The van der Waals surface area contributed by atoms with E-state index in [4.69, 9.17) is 4.74 Å². The molecule has 0 bridgehead atoms. The van der Waals surface area contributed by atoms with Gasteiger partial charge in [-0.15, -0.1) is 0 Å². The third-order valence-electron chi connectivity index (χ3n) is 4.30. The van der Waals surface area contributed by atoms with Gasteiger partial charge in [-0.3, -0.25) is 15.0 Å². The predicted octanol–water partition coefficient (Wildman–Crippen LogP) is 1.25. The number of morpholine rings is 1. The van der Waals surface area contributed by atoms with E-state index in [2.05, 4.69) is 15.5 Å². The molecule has 2 fully saturated rings. The van der Waals surface area contributed by atoms with Crippen molar-refractivity contribution in [1.29, 1.82) is 0 Å². The Labute approximate surface area is 126 Å². The molecule has 2 N–H and O–H groups in total. The lowest BCUT2D eigenvalue weighted by Crippen LogP contribution is -2.56. The van der Waals surface area contributed by atoms with Crippen molar-refractivity contribution in [1.82, 2.24) is 15.5 Å². The Bertz CT molecular complexity index is 372. The summed E-state index contributed by atoms with van der Waals surface area (Å²) in [6, 6.07) is -0.474. The number of urea groups is 1. The van der Waals surface area contributed by atoms with Crippen LogP contribution >= 0.6 is 0 Å². The monoisotopic (exact) mass is 297 g/mol. The average Bonchev–Trinajstić information content (AvgIpc) is 2.89. The van der Waals surface area contributed by atoms with Crippen LogP contribution in [0.5, 0.6) is 0 Å². The number of hydrogen-bond acceptors (Lipinski definition) is 4. The number of amides is 3. The summed E-state index contributed by atoms with van der Waals surface area (Å²) in [4.78, 5) is 26.1. The van der Waals surface area contributed by atoms with Gasteiger partial charge >= 0.3 is 6.03 Å². The molecule has 0 aromatic carbocycles. The van der Waals surface area contributed by atoms with E-state index in [1.165, 1.54) is 0 Å². The van der Waals surface area contributed by atoms with Crippen LogP contribution in [0.2, 0.25) is 0 Å². The van der Waals surface area contributed by atoms with Gasteiger partial charge in [0.25, 0.3) is 0 Å². The number of ether oxygens (including phenoxy) is 1. The quantitative estimate of drug-likeness (QED) is 0.822. The molecule has 0 aromatic heterocycles. The molecular weight excluding hydrogens is 270 g/mol. The first kappa shape index (κ1) is 16.2. The summed E-state index contributed by atoms with van der Waals surface area (Å²) < 4.78 is 5.66. The Morgan fingerprint density at radius 3 is 2.29 bits per heavy atom. The lowest BCUT2D eigenvalue weighted by molar-refractivity contribution is -0.130. The Morgan fingerprint density at radius 2 is 1.71 bits per heavy atom. The maximum Gasteiger partial charge on any atom is 0.321 e. The zero-order valence-electron chi connectivity index (χ0n) is 13.2. The number of hydrogen-bond donors (Lipinski definition) is 2. The molecule has 1 saturated carbocycles. The number of imide groups is 1. The van der Waals surface area contributed by atoms with Crippen LogP contribution in [0.1, 0.15) is 46.5 Å². The van der Waals surface area contributed by atoms with Gasteiger partial charge in [0.2, 0.25) is 5.91 Å². The maximum atomic E-state index is 12.2. The minimum atomic E-state index is -0.367. The third-order valence-corrected chi connectivity index (χ3v) is 4.30. The molecule has 2 rings (SSSR count). The van der Waals surface area contributed by atoms with Crippen molar-refractivity contribution < 1.29 is 14.3 Å². The van der Waals surface area contributed by atoms with Gasteiger partial charge in [0.05, 0.1) is 18.2 Å². The minimum Gasteiger partial charge on any atom is -0.373 e. The molecule has 0 radical (unpaired) electrons. The van der Waals surface area contributed by atoms with Crippen molar-refractivity contribution in [3.05, 3.63) is 0 Å². The lowest BCUT2D eigenvalue weighted by Gasteiger charge is -2.38. The normalized spacial score (nSPS) is 29.1. The smallest absolute Gasteiger partial charge is 0.321 e. The number of nitrogens with zero attached hydrogens (tertiary/aromatic N) is 1. The van der Waals surface area contributed by atoms with Crippen LogP contribution in [-0.2, 0) is 9.53 Å². The van der Waals surface area contributed by atoms with Crippen molar-refractivity contribution in [3.8, 4) is 0 Å². The highest BCUT2D eigenvalue weighted by Crippen LogP contribution is 2.17. The topological polar surface area (TPSA) is 70.7 Å². The third kappa shape index (κ3) is 4.68. The summed E-state index contributed by atoms with van der Waals surface area (Å²) in [6.07, 6.45) is 4.54. The molecule has 1 heterocycles. The van der Waals surface area contributed by atoms with Crippen LogP contribution in [0.15, 0.2) is 0 Å². The number of carbonyl (C=O) groups excluding carboxylic acids is 2. The van der Waals surface area contributed by atoms with E-state index in [1.807, 2.05) is 20.8 Å². The largest absolute Gasteiger partial charge is 0.373 e. The highest BCUT2D eigenvalue weighted by atomic mass is 16.5. The Morgan fingerprint density at radius 1 is 1.14 bits per heavy atom. The SMILES string of the molecule is C[C@H]1CN([C@@H](C)C(=O)NC(=O)NC2CCCC2)C[C@H](C)O1. The molecule has 21 heavy (non-hydrogen) atoms. The standard InChI is InChI=1S/C15H27N3O3/c1-10-8-18(9-11(2)21-10)12(3)14(19)17-15(20)16-13-6-4-5-7-13/h10-13H,4-9H2,1-3H3,(H2,16,17,19,20)/t10-,11-,12-/m0/s1. The second kappa shape index (κ2) is 7.22. The molecule has 3 amide bonds. The minimum absolute atomic E-state index is 0.108. The van der Waals surface area contributed by atoms with Crippen molar-refractivity contribution in [2.75, 3.05) is 13.1 Å². The number of rotatable bonds is 3. The first-order valence-electron chi connectivity index (χ1n) is 7.96. The average molecular weight is 297 g/mol. The van der Waals surface area contributed by atoms with Crippen molar-refractivity contribution in [3.63, 3.8) is 0 Å². The molecular formula is C15H27N3O3. The summed E-state index contributed by atoms with van der Waals surface area (Å²) >= 11 is 0. The Balaban J connectivity index is 1.79. The molecule has 0 unspecified atom stereocenters. The molecule has 6 heteroatoms. The fraction of sp³-hybridized carbons (Fsp3) is 0.867. The van der Waals surface area contributed by atoms with Crippen LogP contribution in [0, 0.1) is 0 Å².